The fraction of sp³-hybridized carbons (Fsp3) is 0.0435. The lowest BCUT2D eigenvalue weighted by Gasteiger charge is -2.31. The summed E-state index contributed by atoms with van der Waals surface area (Å²) in [5, 5.41) is 9.11. The zero-order chi connectivity index (χ0) is 32.5. The quantitative estimate of drug-likeness (QED) is 0.138. The summed E-state index contributed by atoms with van der Waals surface area (Å²) in [4.78, 5) is 0. The molecule has 1 aromatic heterocycles. The summed E-state index contributed by atoms with van der Waals surface area (Å²) >= 11 is 0. The van der Waals surface area contributed by atoms with Gasteiger partial charge in [-0.05, 0) is 57.4 Å². The Labute approximate surface area is 282 Å². The van der Waals surface area contributed by atoms with Crippen molar-refractivity contribution >= 4 is 0 Å². The molecule has 0 unspecified atom stereocenters. The summed E-state index contributed by atoms with van der Waals surface area (Å²) in [7, 11) is 0. The van der Waals surface area contributed by atoms with E-state index in [0.29, 0.717) is 11.4 Å². The number of rotatable bonds is 6. The van der Waals surface area contributed by atoms with E-state index in [2.05, 4.69) is 179 Å². The highest BCUT2D eigenvalue weighted by Crippen LogP contribution is 2.40. The summed E-state index contributed by atoms with van der Waals surface area (Å²) in [5.74, 6) is 14.1. The molecule has 0 aliphatic carbocycles. The Morgan fingerprint density at radius 1 is 0.271 bits per heavy atom. The first-order valence-corrected chi connectivity index (χ1v) is 16.0. The Bertz CT molecular complexity index is 1840. The van der Waals surface area contributed by atoms with Crippen LogP contribution in [-0.4, -0.2) is 10.2 Å². The van der Waals surface area contributed by atoms with Gasteiger partial charge in [-0.25, -0.2) is 0 Å². The molecule has 0 saturated heterocycles. The van der Waals surface area contributed by atoms with Crippen LogP contribution in [0.1, 0.15) is 44.8 Å². The Morgan fingerprint density at radius 3 is 0.667 bits per heavy atom. The second-order valence-electron chi connectivity index (χ2n) is 11.5. The molecule has 1 heterocycles. The van der Waals surface area contributed by atoms with Crippen molar-refractivity contribution in [2.75, 3.05) is 0 Å². The van der Waals surface area contributed by atoms with Crippen molar-refractivity contribution in [1.82, 2.24) is 10.2 Å². The second kappa shape index (κ2) is 13.9. The van der Waals surface area contributed by atoms with Gasteiger partial charge in [0.2, 0.25) is 0 Å². The van der Waals surface area contributed by atoms with Crippen molar-refractivity contribution < 1.29 is 0 Å². The average molecular weight is 613 g/mol. The Kier molecular flexibility index (Phi) is 8.73. The smallest absolute Gasteiger partial charge is 0.136 e. The first-order chi connectivity index (χ1) is 23.8. The van der Waals surface area contributed by atoms with Gasteiger partial charge in [-0.2, -0.15) is 0 Å². The molecule has 7 aromatic rings. The van der Waals surface area contributed by atoms with Crippen molar-refractivity contribution in [3.8, 4) is 23.7 Å². The fourth-order valence-corrected chi connectivity index (χ4v) is 6.34. The van der Waals surface area contributed by atoms with Crippen molar-refractivity contribution in [2.24, 2.45) is 0 Å². The fourth-order valence-electron chi connectivity index (χ4n) is 6.34. The van der Waals surface area contributed by atoms with E-state index in [1.165, 1.54) is 0 Å². The largest absolute Gasteiger partial charge is 0.141 e. The van der Waals surface area contributed by atoms with E-state index in [4.69, 9.17) is 0 Å². The molecular weight excluding hydrogens is 581 g/mol. The lowest BCUT2D eigenvalue weighted by Crippen LogP contribution is -2.27. The standard InChI is InChI=1S/C46H32N2/c1-7-19-37(20-8-1)45(38-21-9-2-10-22-38,39-23-11-3-12-24-39)35-33-43-31-32-44(48-47-43)34-36-46(40-25-13-4-14-26-40,41-27-15-5-16-28-41)42-29-17-6-18-30-42/h1-32H. The normalized spacial score (nSPS) is 11.0. The molecule has 0 radical (unpaired) electrons. The first-order valence-electron chi connectivity index (χ1n) is 16.0. The van der Waals surface area contributed by atoms with E-state index >= 15 is 0 Å². The van der Waals surface area contributed by atoms with Gasteiger partial charge in [0.05, 0.1) is 0 Å². The van der Waals surface area contributed by atoms with Gasteiger partial charge < -0.3 is 0 Å². The second-order valence-corrected chi connectivity index (χ2v) is 11.5. The van der Waals surface area contributed by atoms with Crippen LogP contribution in [0, 0.1) is 23.7 Å². The zero-order valence-corrected chi connectivity index (χ0v) is 26.4. The van der Waals surface area contributed by atoms with E-state index in [0.717, 1.165) is 33.4 Å². The minimum atomic E-state index is -0.704. The minimum absolute atomic E-state index is 0.577. The van der Waals surface area contributed by atoms with Gasteiger partial charge in [-0.15, -0.1) is 10.2 Å². The maximum Gasteiger partial charge on any atom is 0.136 e. The summed E-state index contributed by atoms with van der Waals surface area (Å²) in [5.41, 5.74) is 6.27. The number of hydrogen-bond donors (Lipinski definition) is 0. The van der Waals surface area contributed by atoms with Crippen LogP contribution in [0.5, 0.6) is 0 Å². The zero-order valence-electron chi connectivity index (χ0n) is 26.4. The molecule has 0 bridgehead atoms. The molecule has 7 rings (SSSR count). The lowest BCUT2D eigenvalue weighted by atomic mass is 9.70. The molecular formula is C46H32N2. The van der Waals surface area contributed by atoms with Gasteiger partial charge in [-0.1, -0.05) is 194 Å². The van der Waals surface area contributed by atoms with Crippen molar-refractivity contribution in [3.63, 3.8) is 0 Å². The topological polar surface area (TPSA) is 25.8 Å². The van der Waals surface area contributed by atoms with E-state index in [-0.39, 0.29) is 0 Å². The molecule has 2 nitrogen and oxygen atoms in total. The van der Waals surface area contributed by atoms with Crippen LogP contribution in [0.25, 0.3) is 0 Å². The SMILES string of the molecule is C(#CC(c1ccccc1)(c1ccccc1)c1ccccc1)c1ccc(C#CC(c2ccccc2)(c2ccccc2)c2ccccc2)nn1. The van der Waals surface area contributed by atoms with Gasteiger partial charge >= 0.3 is 0 Å². The van der Waals surface area contributed by atoms with Crippen molar-refractivity contribution in [1.29, 1.82) is 0 Å². The summed E-state index contributed by atoms with van der Waals surface area (Å²) in [6.07, 6.45) is 0. The van der Waals surface area contributed by atoms with Gasteiger partial charge in [0, 0.05) is 0 Å². The highest BCUT2D eigenvalue weighted by atomic mass is 15.1. The first kappa shape index (κ1) is 30.2. The molecule has 0 amide bonds. The summed E-state index contributed by atoms with van der Waals surface area (Å²) in [6.45, 7) is 0. The van der Waals surface area contributed by atoms with Crippen LogP contribution in [0.15, 0.2) is 194 Å². The molecule has 0 fully saturated rings. The monoisotopic (exact) mass is 612 g/mol. The highest BCUT2D eigenvalue weighted by Gasteiger charge is 2.35. The van der Waals surface area contributed by atoms with Gasteiger partial charge in [0.1, 0.15) is 22.2 Å². The molecule has 0 N–H and O–H groups in total. The summed E-state index contributed by atoms with van der Waals surface area (Å²) in [6, 6.07) is 66.4. The number of aromatic nitrogens is 2. The third-order valence-corrected chi connectivity index (χ3v) is 8.66. The predicted octanol–water partition coefficient (Wildman–Crippen LogP) is 9.25. The van der Waals surface area contributed by atoms with Gasteiger partial charge in [-0.3, -0.25) is 0 Å². The van der Waals surface area contributed by atoms with Crippen LogP contribution >= 0.6 is 0 Å². The lowest BCUT2D eigenvalue weighted by molar-refractivity contribution is 0.808. The Balaban J connectivity index is 1.32. The summed E-state index contributed by atoms with van der Waals surface area (Å²) < 4.78 is 0. The van der Waals surface area contributed by atoms with Gasteiger partial charge in [0.25, 0.3) is 0 Å². The molecule has 226 valence electrons. The molecule has 6 aromatic carbocycles. The van der Waals surface area contributed by atoms with Crippen LogP contribution in [0.4, 0.5) is 0 Å². The third kappa shape index (κ3) is 5.92. The number of hydrogen-bond acceptors (Lipinski definition) is 2. The van der Waals surface area contributed by atoms with E-state index < -0.39 is 10.8 Å². The predicted molar refractivity (Wildman–Crippen MR) is 194 cm³/mol. The van der Waals surface area contributed by atoms with Crippen molar-refractivity contribution in [3.05, 3.63) is 239 Å². The molecule has 48 heavy (non-hydrogen) atoms. The van der Waals surface area contributed by atoms with Crippen LogP contribution < -0.4 is 0 Å². The average Bonchev–Trinajstić information content (AvgIpc) is 3.18. The minimum Gasteiger partial charge on any atom is -0.141 e. The highest BCUT2D eigenvalue weighted by molar-refractivity contribution is 5.61. The van der Waals surface area contributed by atoms with E-state index in [9.17, 15) is 0 Å². The number of benzene rings is 6. The molecule has 0 saturated carbocycles. The van der Waals surface area contributed by atoms with Crippen LogP contribution in [0.3, 0.4) is 0 Å². The molecule has 0 atom stereocenters. The van der Waals surface area contributed by atoms with Crippen LogP contribution in [0.2, 0.25) is 0 Å². The maximum atomic E-state index is 4.56. The Hall–Kier alpha value is -6.48. The molecule has 0 spiro atoms. The van der Waals surface area contributed by atoms with Gasteiger partial charge in [0.15, 0.2) is 0 Å². The van der Waals surface area contributed by atoms with Crippen molar-refractivity contribution in [2.45, 2.75) is 10.8 Å². The van der Waals surface area contributed by atoms with E-state index in [1.54, 1.807) is 0 Å². The Morgan fingerprint density at radius 2 is 0.479 bits per heavy atom. The molecule has 0 aliphatic heterocycles. The molecule has 2 heteroatoms. The maximum absolute atomic E-state index is 4.56. The third-order valence-electron chi connectivity index (χ3n) is 8.66. The number of nitrogens with zero attached hydrogens (tertiary/aromatic N) is 2. The molecule has 0 aliphatic rings. The van der Waals surface area contributed by atoms with E-state index in [1.807, 2.05) is 48.5 Å². The van der Waals surface area contributed by atoms with Crippen LogP contribution in [-0.2, 0) is 10.8 Å².